The highest BCUT2D eigenvalue weighted by molar-refractivity contribution is 7.08. The van der Waals surface area contributed by atoms with E-state index in [-0.39, 0.29) is 6.54 Å². The molecule has 0 saturated carbocycles. The van der Waals surface area contributed by atoms with Gasteiger partial charge in [0.25, 0.3) is 0 Å². The van der Waals surface area contributed by atoms with E-state index < -0.39 is 23.2 Å². The van der Waals surface area contributed by atoms with E-state index in [1.165, 1.54) is 35.6 Å². The number of nitrogens with one attached hydrogen (secondary N) is 2. The Morgan fingerprint density at radius 2 is 1.91 bits per heavy atom. The smallest absolute Gasteiger partial charge is 0.313 e. The van der Waals surface area contributed by atoms with E-state index in [1.807, 2.05) is 5.38 Å². The molecule has 0 aliphatic carbocycles. The van der Waals surface area contributed by atoms with Crippen LogP contribution in [-0.4, -0.2) is 23.5 Å². The maximum Gasteiger partial charge on any atom is 0.313 e. The number of hydrogen-bond acceptors (Lipinski definition) is 4. The van der Waals surface area contributed by atoms with Crippen molar-refractivity contribution in [3.8, 4) is 0 Å². The zero-order chi connectivity index (χ0) is 16.2. The van der Waals surface area contributed by atoms with Gasteiger partial charge in [-0.3, -0.25) is 9.59 Å². The number of amides is 2. The largest absolute Gasteiger partial charge is 0.384 e. The van der Waals surface area contributed by atoms with Gasteiger partial charge >= 0.3 is 11.8 Å². The van der Waals surface area contributed by atoms with E-state index in [9.17, 15) is 19.1 Å². The zero-order valence-corrected chi connectivity index (χ0v) is 12.6. The summed E-state index contributed by atoms with van der Waals surface area (Å²) in [7, 11) is 0. The zero-order valence-electron chi connectivity index (χ0n) is 11.8. The predicted molar refractivity (Wildman–Crippen MR) is 81.9 cm³/mol. The highest BCUT2D eigenvalue weighted by atomic mass is 32.1. The number of carbonyl (C=O) groups is 2. The summed E-state index contributed by atoms with van der Waals surface area (Å²) < 4.78 is 12.8. The van der Waals surface area contributed by atoms with Crippen LogP contribution in [0.3, 0.4) is 0 Å². The van der Waals surface area contributed by atoms with Crippen LogP contribution in [0.2, 0.25) is 0 Å². The molecule has 3 N–H and O–H groups in total. The first-order chi connectivity index (χ1) is 10.4. The number of aliphatic hydroxyl groups is 1. The van der Waals surface area contributed by atoms with Crippen LogP contribution in [0.1, 0.15) is 12.5 Å². The summed E-state index contributed by atoms with van der Waals surface area (Å²) in [5.41, 5.74) is -0.283. The molecule has 0 radical (unpaired) electrons. The fourth-order valence-electron chi connectivity index (χ4n) is 1.73. The maximum absolute atomic E-state index is 12.8. The van der Waals surface area contributed by atoms with Crippen LogP contribution < -0.4 is 10.6 Å². The molecule has 0 spiro atoms. The summed E-state index contributed by atoms with van der Waals surface area (Å²) in [6.45, 7) is 1.45. The van der Waals surface area contributed by atoms with E-state index in [0.717, 1.165) is 0 Å². The fourth-order valence-corrected chi connectivity index (χ4v) is 2.51. The van der Waals surface area contributed by atoms with Gasteiger partial charge in [-0.1, -0.05) is 0 Å². The fraction of sp³-hybridized carbons (Fsp3) is 0.200. The molecule has 0 aliphatic rings. The van der Waals surface area contributed by atoms with Crippen molar-refractivity contribution >= 4 is 28.8 Å². The van der Waals surface area contributed by atoms with Gasteiger partial charge in [-0.2, -0.15) is 11.3 Å². The van der Waals surface area contributed by atoms with Crippen molar-refractivity contribution in [2.24, 2.45) is 0 Å². The summed E-state index contributed by atoms with van der Waals surface area (Å²) >= 11 is 1.43. The topological polar surface area (TPSA) is 78.4 Å². The van der Waals surface area contributed by atoms with Crippen LogP contribution in [0, 0.1) is 5.82 Å². The number of benzene rings is 1. The first-order valence-electron chi connectivity index (χ1n) is 6.48. The molecular weight excluding hydrogens is 307 g/mol. The molecule has 1 aromatic carbocycles. The third kappa shape index (κ3) is 4.12. The lowest BCUT2D eigenvalue weighted by atomic mass is 9.99. The molecule has 2 aromatic rings. The van der Waals surface area contributed by atoms with E-state index >= 15 is 0 Å². The van der Waals surface area contributed by atoms with Crippen molar-refractivity contribution in [3.63, 3.8) is 0 Å². The SMILES string of the molecule is CC(O)(CNC(=O)C(=O)Nc1ccc(F)cc1)c1ccsc1. The molecule has 1 aromatic heterocycles. The Morgan fingerprint density at radius 1 is 1.23 bits per heavy atom. The molecule has 22 heavy (non-hydrogen) atoms. The number of hydrogen-bond donors (Lipinski definition) is 3. The summed E-state index contributed by atoms with van der Waals surface area (Å²) in [6, 6.07) is 6.79. The molecule has 0 fully saturated rings. The molecule has 1 atom stereocenters. The Bertz CT molecular complexity index is 654. The van der Waals surface area contributed by atoms with E-state index in [2.05, 4.69) is 10.6 Å². The van der Waals surface area contributed by atoms with Crippen molar-refractivity contribution in [1.82, 2.24) is 5.32 Å². The molecular formula is C15H15FN2O3S. The number of halogens is 1. The molecule has 0 aliphatic heterocycles. The summed E-state index contributed by atoms with van der Waals surface area (Å²) in [4.78, 5) is 23.4. The van der Waals surface area contributed by atoms with Gasteiger partial charge in [0.15, 0.2) is 0 Å². The van der Waals surface area contributed by atoms with E-state index in [4.69, 9.17) is 0 Å². The Kier molecular flexibility index (Phi) is 4.89. The van der Waals surface area contributed by atoms with Gasteiger partial charge in [0, 0.05) is 5.69 Å². The molecule has 2 rings (SSSR count). The van der Waals surface area contributed by atoms with Gasteiger partial charge in [-0.05, 0) is 53.6 Å². The first kappa shape index (κ1) is 16.1. The Labute approximate surface area is 130 Å². The normalized spacial score (nSPS) is 13.2. The van der Waals surface area contributed by atoms with E-state index in [0.29, 0.717) is 11.3 Å². The average Bonchev–Trinajstić information content (AvgIpc) is 3.02. The summed E-state index contributed by atoms with van der Waals surface area (Å²) in [5.74, 6) is -2.19. The van der Waals surface area contributed by atoms with Gasteiger partial charge in [0.1, 0.15) is 11.4 Å². The number of rotatable bonds is 4. The van der Waals surface area contributed by atoms with Gasteiger partial charge in [0.05, 0.1) is 6.54 Å². The van der Waals surface area contributed by atoms with Crippen molar-refractivity contribution in [3.05, 3.63) is 52.5 Å². The minimum Gasteiger partial charge on any atom is -0.384 e. The third-order valence-electron chi connectivity index (χ3n) is 3.04. The van der Waals surface area contributed by atoms with Crippen LogP contribution in [0.5, 0.6) is 0 Å². The summed E-state index contributed by atoms with van der Waals surface area (Å²) in [5, 5.41) is 18.5. The standard InChI is InChI=1S/C15H15FN2O3S/c1-15(21,10-6-7-22-8-10)9-17-13(19)14(20)18-12-4-2-11(16)3-5-12/h2-8,21H,9H2,1H3,(H,17,19)(H,18,20). The van der Waals surface area contributed by atoms with Crippen LogP contribution in [-0.2, 0) is 15.2 Å². The second-order valence-corrected chi connectivity index (χ2v) is 5.71. The van der Waals surface area contributed by atoms with Crippen molar-refractivity contribution in [2.75, 3.05) is 11.9 Å². The molecule has 1 unspecified atom stereocenters. The second kappa shape index (κ2) is 6.67. The van der Waals surface area contributed by atoms with Gasteiger partial charge in [-0.15, -0.1) is 0 Å². The van der Waals surface area contributed by atoms with Crippen LogP contribution in [0.25, 0.3) is 0 Å². The molecule has 1 heterocycles. The molecule has 116 valence electrons. The average molecular weight is 322 g/mol. The Hall–Kier alpha value is -2.25. The molecule has 0 bridgehead atoms. The summed E-state index contributed by atoms with van der Waals surface area (Å²) in [6.07, 6.45) is 0. The van der Waals surface area contributed by atoms with Crippen molar-refractivity contribution in [1.29, 1.82) is 0 Å². The van der Waals surface area contributed by atoms with Crippen LogP contribution in [0.4, 0.5) is 10.1 Å². The molecule has 7 heteroatoms. The van der Waals surface area contributed by atoms with Crippen molar-refractivity contribution in [2.45, 2.75) is 12.5 Å². The van der Waals surface area contributed by atoms with Crippen molar-refractivity contribution < 1.29 is 19.1 Å². The molecule has 5 nitrogen and oxygen atoms in total. The third-order valence-corrected chi connectivity index (χ3v) is 3.73. The molecule has 0 saturated heterocycles. The van der Waals surface area contributed by atoms with Gasteiger partial charge in [0.2, 0.25) is 0 Å². The van der Waals surface area contributed by atoms with Gasteiger partial charge < -0.3 is 15.7 Å². The quantitative estimate of drug-likeness (QED) is 0.752. The lowest BCUT2D eigenvalue weighted by Crippen LogP contribution is -2.43. The minimum absolute atomic E-state index is 0.0978. The number of thiophene rings is 1. The number of anilines is 1. The molecule has 2 amide bonds. The highest BCUT2D eigenvalue weighted by Crippen LogP contribution is 2.21. The lowest BCUT2D eigenvalue weighted by Gasteiger charge is -2.22. The number of carbonyl (C=O) groups excluding carboxylic acids is 2. The highest BCUT2D eigenvalue weighted by Gasteiger charge is 2.25. The minimum atomic E-state index is -1.26. The van der Waals surface area contributed by atoms with Gasteiger partial charge in [-0.25, -0.2) is 4.39 Å². The first-order valence-corrected chi connectivity index (χ1v) is 7.42. The monoisotopic (exact) mass is 322 g/mol. The second-order valence-electron chi connectivity index (χ2n) is 4.93. The Morgan fingerprint density at radius 3 is 2.50 bits per heavy atom. The maximum atomic E-state index is 12.8. The predicted octanol–water partition coefficient (Wildman–Crippen LogP) is 1.85. The lowest BCUT2D eigenvalue weighted by molar-refractivity contribution is -0.136. The van der Waals surface area contributed by atoms with Crippen LogP contribution >= 0.6 is 11.3 Å². The Balaban J connectivity index is 1.89. The van der Waals surface area contributed by atoms with Crippen LogP contribution in [0.15, 0.2) is 41.1 Å². The van der Waals surface area contributed by atoms with E-state index in [1.54, 1.807) is 18.4 Å².